The van der Waals surface area contributed by atoms with E-state index >= 15 is 0 Å². The predicted octanol–water partition coefficient (Wildman–Crippen LogP) is 2.16. The molecule has 0 saturated heterocycles. The number of aryl methyl sites for hydroxylation is 1. The standard InChI is InChI=1S/C28H36N3O2.H2O4S/c1-21-20-26(31(16-18-32)17-19-33)14-15-27(21)28(22-6-10-24(11-7-22)29(2)3)23-8-12-25(13-9-23)30(4)5;1-5(2,3)4/h6-15,20,32-33H,16-19H2,1-5H3;(H2,1,2,3,4)/q+1;/p-2. The van der Waals surface area contributed by atoms with E-state index in [0.29, 0.717) is 13.1 Å². The lowest BCUT2D eigenvalue weighted by molar-refractivity contribution is -0.462. The van der Waals surface area contributed by atoms with E-state index in [-0.39, 0.29) is 13.2 Å². The average Bonchev–Trinajstić information content (AvgIpc) is 2.84. The van der Waals surface area contributed by atoms with Gasteiger partial charge in [-0.25, -0.2) is 4.58 Å². The van der Waals surface area contributed by atoms with Crippen molar-refractivity contribution in [2.75, 3.05) is 64.3 Å². The van der Waals surface area contributed by atoms with Gasteiger partial charge in [-0.3, -0.25) is 8.42 Å². The lowest BCUT2D eigenvalue weighted by Crippen LogP contribution is -2.29. The van der Waals surface area contributed by atoms with Gasteiger partial charge in [-0.15, -0.1) is 0 Å². The van der Waals surface area contributed by atoms with Crippen molar-refractivity contribution in [1.82, 2.24) is 0 Å². The Labute approximate surface area is 225 Å². The number of aliphatic hydroxyl groups is 2. The topological polar surface area (TPSA) is 130 Å². The largest absolute Gasteiger partial charge is 0.759 e. The number of nitrogens with zero attached hydrogens (tertiary/aromatic N) is 3. The van der Waals surface area contributed by atoms with E-state index in [4.69, 9.17) is 17.5 Å². The Balaban J connectivity index is 0.000000926. The van der Waals surface area contributed by atoms with Crippen molar-refractivity contribution in [2.24, 2.45) is 0 Å². The Morgan fingerprint density at radius 3 is 1.79 bits per heavy atom. The Morgan fingerprint density at radius 1 is 0.868 bits per heavy atom. The van der Waals surface area contributed by atoms with Crippen LogP contribution in [0.25, 0.3) is 5.57 Å². The molecule has 0 saturated carbocycles. The quantitative estimate of drug-likeness (QED) is 0.295. The first kappa shape index (κ1) is 30.9. The second-order valence-electron chi connectivity index (χ2n) is 9.10. The van der Waals surface area contributed by atoms with Crippen LogP contribution in [0, 0.1) is 6.92 Å². The molecule has 38 heavy (non-hydrogen) atoms. The van der Waals surface area contributed by atoms with Crippen molar-refractivity contribution in [3.8, 4) is 0 Å². The van der Waals surface area contributed by atoms with Crippen LogP contribution >= 0.6 is 0 Å². The number of benzene rings is 2. The van der Waals surface area contributed by atoms with Crippen LogP contribution in [0.4, 0.5) is 11.4 Å². The van der Waals surface area contributed by atoms with Crippen molar-refractivity contribution < 1.29 is 32.3 Å². The zero-order valence-electron chi connectivity index (χ0n) is 22.5. The third-order valence-electron chi connectivity index (χ3n) is 5.93. The van der Waals surface area contributed by atoms with Crippen LogP contribution in [-0.4, -0.2) is 92.5 Å². The zero-order valence-corrected chi connectivity index (χ0v) is 23.3. The van der Waals surface area contributed by atoms with Gasteiger partial charge in [0.15, 0.2) is 5.71 Å². The Kier molecular flexibility index (Phi) is 11.4. The molecular formula is C28H36N3O6S-. The third-order valence-corrected chi connectivity index (χ3v) is 5.93. The minimum atomic E-state index is -5.17. The minimum Gasteiger partial charge on any atom is -0.759 e. The van der Waals surface area contributed by atoms with E-state index in [0.717, 1.165) is 33.8 Å². The minimum absolute atomic E-state index is 0.0502. The van der Waals surface area contributed by atoms with E-state index in [9.17, 15) is 10.2 Å². The number of anilines is 2. The van der Waals surface area contributed by atoms with Crippen molar-refractivity contribution in [3.63, 3.8) is 0 Å². The lowest BCUT2D eigenvalue weighted by Gasteiger charge is -2.25. The number of rotatable bonds is 8. The molecule has 0 fully saturated rings. The maximum atomic E-state index is 9.42. The molecule has 0 radical (unpaired) electrons. The van der Waals surface area contributed by atoms with Crippen molar-refractivity contribution in [2.45, 2.75) is 6.92 Å². The molecule has 1 aliphatic carbocycles. The Bertz CT molecular complexity index is 1290. The molecule has 206 valence electrons. The van der Waals surface area contributed by atoms with E-state index < -0.39 is 10.4 Å². The second-order valence-corrected chi connectivity index (χ2v) is 9.92. The van der Waals surface area contributed by atoms with Crippen LogP contribution in [0.15, 0.2) is 72.3 Å². The molecule has 0 aromatic heterocycles. The van der Waals surface area contributed by atoms with Crippen molar-refractivity contribution in [1.29, 1.82) is 0 Å². The fourth-order valence-corrected chi connectivity index (χ4v) is 4.07. The molecule has 1 aliphatic rings. The number of aliphatic hydroxyl groups excluding tert-OH is 2. The predicted molar refractivity (Wildman–Crippen MR) is 150 cm³/mol. The summed E-state index contributed by atoms with van der Waals surface area (Å²) in [5, 5.41) is 18.8. The molecule has 2 aromatic carbocycles. The van der Waals surface area contributed by atoms with Gasteiger partial charge in [0.25, 0.3) is 0 Å². The van der Waals surface area contributed by atoms with Gasteiger partial charge in [-0.05, 0) is 71.2 Å². The molecule has 0 bridgehead atoms. The molecule has 10 heteroatoms. The molecular weight excluding hydrogens is 506 g/mol. The Morgan fingerprint density at radius 2 is 1.37 bits per heavy atom. The van der Waals surface area contributed by atoms with E-state index in [1.807, 2.05) is 33.1 Å². The molecule has 2 aromatic rings. The third kappa shape index (κ3) is 9.23. The van der Waals surface area contributed by atoms with Gasteiger partial charge in [-0.1, -0.05) is 18.2 Å². The maximum absolute atomic E-state index is 9.42. The number of allylic oxidation sites excluding steroid dienone is 5. The highest BCUT2D eigenvalue weighted by Crippen LogP contribution is 2.34. The van der Waals surface area contributed by atoms with Gasteiger partial charge < -0.3 is 29.1 Å². The Hall–Kier alpha value is -3.28. The highest BCUT2D eigenvalue weighted by Gasteiger charge is 2.16. The van der Waals surface area contributed by atoms with Crippen molar-refractivity contribution in [3.05, 3.63) is 89.0 Å². The smallest absolute Gasteiger partial charge is 0.199 e. The lowest BCUT2D eigenvalue weighted by atomic mass is 9.88. The van der Waals surface area contributed by atoms with Crippen LogP contribution < -0.4 is 9.80 Å². The molecule has 2 N–H and O–H groups in total. The van der Waals surface area contributed by atoms with Crippen LogP contribution in [0.2, 0.25) is 0 Å². The first-order chi connectivity index (χ1) is 17.8. The van der Waals surface area contributed by atoms with E-state index in [1.165, 1.54) is 11.1 Å². The summed E-state index contributed by atoms with van der Waals surface area (Å²) in [6, 6.07) is 15.0. The van der Waals surface area contributed by atoms with Crippen LogP contribution in [0.3, 0.4) is 0 Å². The number of hydrogen-bond acceptors (Lipinski definition) is 8. The SMILES string of the molecule is Cc1cc(N(CCO)CCO)ccc1C(=C1C=CC(=[N+](C)C)C=C1)c1ccc(N(C)C)cc1.O=S(=O)([O-])[O-]. The highest BCUT2D eigenvalue weighted by molar-refractivity contribution is 7.79. The molecule has 0 unspecified atom stereocenters. The molecule has 0 heterocycles. The van der Waals surface area contributed by atoms with Gasteiger partial charge in [-0.2, -0.15) is 0 Å². The molecule has 0 amide bonds. The molecule has 0 aliphatic heterocycles. The second kappa shape index (κ2) is 14.0. The summed E-state index contributed by atoms with van der Waals surface area (Å²) >= 11 is 0. The summed E-state index contributed by atoms with van der Waals surface area (Å²) in [5.74, 6) is 0. The average molecular weight is 543 g/mol. The van der Waals surface area contributed by atoms with Crippen LogP contribution in [0.1, 0.15) is 16.7 Å². The molecule has 9 nitrogen and oxygen atoms in total. The summed E-state index contributed by atoms with van der Waals surface area (Å²) < 4.78 is 36.2. The zero-order chi connectivity index (χ0) is 28.5. The molecule has 0 atom stereocenters. The normalized spacial score (nSPS) is 12.7. The summed E-state index contributed by atoms with van der Waals surface area (Å²) in [4.78, 5) is 4.11. The van der Waals surface area contributed by atoms with Gasteiger partial charge >= 0.3 is 0 Å². The van der Waals surface area contributed by atoms with Gasteiger partial charge in [0.2, 0.25) is 0 Å². The monoisotopic (exact) mass is 542 g/mol. The first-order valence-corrected chi connectivity index (χ1v) is 13.4. The van der Waals surface area contributed by atoms with Crippen LogP contribution in [-0.2, 0) is 10.4 Å². The summed E-state index contributed by atoms with van der Waals surface area (Å²) in [6.45, 7) is 3.21. The van der Waals surface area contributed by atoms with E-state index in [2.05, 4.69) is 83.2 Å². The molecule has 3 rings (SSSR count). The first-order valence-electron chi connectivity index (χ1n) is 12.0. The maximum Gasteiger partial charge on any atom is 0.199 e. The van der Waals surface area contributed by atoms with Crippen molar-refractivity contribution >= 4 is 33.1 Å². The fraction of sp³-hybridized carbons (Fsp3) is 0.321. The number of hydrogen-bond donors (Lipinski definition) is 2. The summed E-state index contributed by atoms with van der Waals surface area (Å²) in [6.07, 6.45) is 8.66. The van der Waals surface area contributed by atoms with Gasteiger partial charge in [0.1, 0.15) is 14.1 Å². The highest BCUT2D eigenvalue weighted by atomic mass is 32.3. The van der Waals surface area contributed by atoms with Crippen LogP contribution in [0.5, 0.6) is 0 Å². The summed E-state index contributed by atoms with van der Waals surface area (Å²) in [7, 11) is 3.03. The summed E-state index contributed by atoms with van der Waals surface area (Å²) in [5.41, 5.74) is 9.16. The molecule has 0 spiro atoms. The van der Waals surface area contributed by atoms with Gasteiger partial charge in [0, 0.05) is 61.1 Å². The fourth-order valence-electron chi connectivity index (χ4n) is 4.07. The van der Waals surface area contributed by atoms with Gasteiger partial charge in [0.05, 0.1) is 13.2 Å². The van der Waals surface area contributed by atoms with E-state index in [1.54, 1.807) is 0 Å².